The van der Waals surface area contributed by atoms with Crippen molar-refractivity contribution in [1.29, 1.82) is 0 Å². The number of phenols is 1. The van der Waals surface area contributed by atoms with E-state index in [1.54, 1.807) is 16.7 Å². The molecule has 6 heteroatoms. The molecule has 0 amide bonds. The van der Waals surface area contributed by atoms with Crippen LogP contribution in [0.1, 0.15) is 19.2 Å². The number of fused-ring (bicyclic) bond motifs is 1. The van der Waals surface area contributed by atoms with E-state index < -0.39 is 0 Å². The maximum Gasteiger partial charge on any atom is 0.265 e. The zero-order valence-electron chi connectivity index (χ0n) is 11.0. The summed E-state index contributed by atoms with van der Waals surface area (Å²) in [4.78, 5) is 16.8. The lowest BCUT2D eigenvalue weighted by atomic mass is 10.2. The molecule has 0 spiro atoms. The fourth-order valence-corrected chi connectivity index (χ4v) is 2.04. The molecule has 0 radical (unpaired) electrons. The quantitative estimate of drug-likeness (QED) is 0.895. The Morgan fingerprint density at radius 3 is 2.79 bits per heavy atom. The van der Waals surface area contributed by atoms with Gasteiger partial charge in [-0.15, -0.1) is 12.4 Å². The van der Waals surface area contributed by atoms with Crippen molar-refractivity contribution in [2.45, 2.75) is 26.4 Å². The highest BCUT2D eigenvalue weighted by Crippen LogP contribution is 2.19. The van der Waals surface area contributed by atoms with Crippen LogP contribution in [0.4, 0.5) is 0 Å². The first-order chi connectivity index (χ1) is 8.69. The van der Waals surface area contributed by atoms with Gasteiger partial charge in [-0.3, -0.25) is 9.36 Å². The van der Waals surface area contributed by atoms with Crippen molar-refractivity contribution in [3.05, 3.63) is 34.4 Å². The Bertz CT molecular complexity index is 625. The van der Waals surface area contributed by atoms with Gasteiger partial charge in [-0.1, -0.05) is 13.0 Å². The maximum absolute atomic E-state index is 12.4. The molecule has 2 rings (SSSR count). The van der Waals surface area contributed by atoms with Gasteiger partial charge in [0.1, 0.15) is 17.0 Å². The van der Waals surface area contributed by atoms with Crippen molar-refractivity contribution >= 4 is 23.3 Å². The van der Waals surface area contributed by atoms with Gasteiger partial charge in [0.2, 0.25) is 0 Å². The minimum absolute atomic E-state index is 0. The van der Waals surface area contributed by atoms with E-state index in [0.29, 0.717) is 29.8 Å². The highest BCUT2D eigenvalue weighted by atomic mass is 35.5. The number of aromatic nitrogens is 2. The molecule has 0 saturated carbocycles. The first kappa shape index (κ1) is 15.5. The molecule has 2 N–H and O–H groups in total. The van der Waals surface area contributed by atoms with Crippen molar-refractivity contribution in [2.24, 2.45) is 0 Å². The number of nitrogens with one attached hydrogen (secondary N) is 1. The van der Waals surface area contributed by atoms with Gasteiger partial charge in [-0.05, 0) is 25.6 Å². The van der Waals surface area contributed by atoms with E-state index in [9.17, 15) is 9.90 Å². The maximum atomic E-state index is 12.4. The van der Waals surface area contributed by atoms with Crippen LogP contribution >= 0.6 is 12.4 Å². The molecule has 1 heterocycles. The molecule has 0 saturated heterocycles. The fourth-order valence-electron chi connectivity index (χ4n) is 2.04. The Hall–Kier alpha value is -1.59. The SMILES string of the molecule is CCCn1c(CNC)nc2cccc(O)c2c1=O.Cl. The molecule has 0 bridgehead atoms. The molecule has 0 aliphatic carbocycles. The topological polar surface area (TPSA) is 67.2 Å². The number of rotatable bonds is 4. The second-order valence-electron chi connectivity index (χ2n) is 4.19. The van der Waals surface area contributed by atoms with E-state index in [4.69, 9.17) is 0 Å². The van der Waals surface area contributed by atoms with Gasteiger partial charge in [0.15, 0.2) is 0 Å². The lowest BCUT2D eigenvalue weighted by Gasteiger charge is -2.12. The number of hydrogen-bond acceptors (Lipinski definition) is 4. The van der Waals surface area contributed by atoms with Gasteiger partial charge in [-0.2, -0.15) is 0 Å². The minimum Gasteiger partial charge on any atom is -0.507 e. The van der Waals surface area contributed by atoms with Gasteiger partial charge in [0.25, 0.3) is 5.56 Å². The third-order valence-corrected chi connectivity index (χ3v) is 2.82. The van der Waals surface area contributed by atoms with E-state index in [1.165, 1.54) is 6.07 Å². The summed E-state index contributed by atoms with van der Waals surface area (Å²) >= 11 is 0. The van der Waals surface area contributed by atoms with Gasteiger partial charge in [0.05, 0.1) is 12.1 Å². The third kappa shape index (κ3) is 2.88. The van der Waals surface area contributed by atoms with Crippen LogP contribution in [0.2, 0.25) is 0 Å². The molecule has 2 aromatic rings. The predicted octanol–water partition coefficient (Wildman–Crippen LogP) is 1.65. The largest absolute Gasteiger partial charge is 0.507 e. The smallest absolute Gasteiger partial charge is 0.265 e. The van der Waals surface area contributed by atoms with Crippen LogP contribution in [0, 0.1) is 0 Å². The van der Waals surface area contributed by atoms with Crippen LogP contribution in [0.3, 0.4) is 0 Å². The molecule has 0 unspecified atom stereocenters. The molecule has 5 nitrogen and oxygen atoms in total. The van der Waals surface area contributed by atoms with Crippen LogP contribution in [-0.2, 0) is 13.1 Å². The highest BCUT2D eigenvalue weighted by molar-refractivity contribution is 5.85. The summed E-state index contributed by atoms with van der Waals surface area (Å²) in [6, 6.07) is 4.95. The van der Waals surface area contributed by atoms with Gasteiger partial charge in [0, 0.05) is 6.54 Å². The molecule has 104 valence electrons. The molecular weight excluding hydrogens is 266 g/mol. The Labute approximate surface area is 117 Å². The van der Waals surface area contributed by atoms with Gasteiger partial charge >= 0.3 is 0 Å². The van der Waals surface area contributed by atoms with Crippen LogP contribution in [0.15, 0.2) is 23.0 Å². The van der Waals surface area contributed by atoms with E-state index in [2.05, 4.69) is 10.3 Å². The Morgan fingerprint density at radius 2 is 2.16 bits per heavy atom. The van der Waals surface area contributed by atoms with Crippen molar-refractivity contribution in [1.82, 2.24) is 14.9 Å². The molecule has 1 aromatic heterocycles. The number of benzene rings is 1. The Morgan fingerprint density at radius 1 is 1.42 bits per heavy atom. The zero-order chi connectivity index (χ0) is 13.1. The lowest BCUT2D eigenvalue weighted by Crippen LogP contribution is -2.27. The summed E-state index contributed by atoms with van der Waals surface area (Å²) in [6.45, 7) is 3.14. The average Bonchev–Trinajstić information content (AvgIpc) is 2.34. The Balaban J connectivity index is 0.00000180. The van der Waals surface area contributed by atoms with Gasteiger partial charge < -0.3 is 10.4 Å². The third-order valence-electron chi connectivity index (χ3n) is 2.82. The molecule has 0 fully saturated rings. The van der Waals surface area contributed by atoms with E-state index >= 15 is 0 Å². The van der Waals surface area contributed by atoms with Crippen molar-refractivity contribution in [2.75, 3.05) is 7.05 Å². The van der Waals surface area contributed by atoms with E-state index in [1.807, 2.05) is 14.0 Å². The highest BCUT2D eigenvalue weighted by Gasteiger charge is 2.12. The molecule has 0 aliphatic rings. The van der Waals surface area contributed by atoms with Gasteiger partial charge in [-0.25, -0.2) is 4.98 Å². The number of phenolic OH excluding ortho intramolecular Hbond substituents is 1. The summed E-state index contributed by atoms with van der Waals surface area (Å²) in [7, 11) is 1.81. The average molecular weight is 284 g/mol. The van der Waals surface area contributed by atoms with E-state index in [-0.39, 0.29) is 23.7 Å². The first-order valence-corrected chi connectivity index (χ1v) is 6.05. The molecule has 19 heavy (non-hydrogen) atoms. The monoisotopic (exact) mass is 283 g/mol. The number of nitrogens with zero attached hydrogens (tertiary/aromatic N) is 2. The summed E-state index contributed by atoms with van der Waals surface area (Å²) in [5.74, 6) is 0.688. The van der Waals surface area contributed by atoms with Crippen LogP contribution in [0.5, 0.6) is 5.75 Å². The summed E-state index contributed by atoms with van der Waals surface area (Å²) in [5, 5.41) is 13.1. The molecule has 0 atom stereocenters. The van der Waals surface area contributed by atoms with Crippen LogP contribution < -0.4 is 10.9 Å². The summed E-state index contributed by atoms with van der Waals surface area (Å²) < 4.78 is 1.62. The molecule has 1 aromatic carbocycles. The fraction of sp³-hybridized carbons (Fsp3) is 0.385. The number of aromatic hydroxyl groups is 1. The molecular formula is C13H18ClN3O2. The van der Waals surface area contributed by atoms with Crippen molar-refractivity contribution in [3.63, 3.8) is 0 Å². The lowest BCUT2D eigenvalue weighted by molar-refractivity contribution is 0.479. The molecule has 0 aliphatic heterocycles. The number of hydrogen-bond donors (Lipinski definition) is 2. The zero-order valence-corrected chi connectivity index (χ0v) is 11.8. The standard InChI is InChI=1S/C13H17N3O2.ClH/c1-3-7-16-11(8-14-2)15-9-5-4-6-10(17)12(9)13(16)18;/h4-6,14,17H,3,7-8H2,1-2H3;1H. The number of halogens is 1. The van der Waals surface area contributed by atoms with E-state index in [0.717, 1.165) is 6.42 Å². The first-order valence-electron chi connectivity index (χ1n) is 6.05. The second-order valence-corrected chi connectivity index (χ2v) is 4.19. The second kappa shape index (κ2) is 6.54. The minimum atomic E-state index is -0.176. The van der Waals surface area contributed by atoms with Crippen LogP contribution in [-0.4, -0.2) is 21.7 Å². The Kier molecular flexibility index (Phi) is 5.32. The van der Waals surface area contributed by atoms with Crippen molar-refractivity contribution in [3.8, 4) is 5.75 Å². The van der Waals surface area contributed by atoms with Crippen molar-refractivity contribution < 1.29 is 5.11 Å². The normalized spacial score (nSPS) is 10.4. The predicted molar refractivity (Wildman–Crippen MR) is 78.0 cm³/mol. The summed E-state index contributed by atoms with van der Waals surface area (Å²) in [5.41, 5.74) is 0.364. The van der Waals surface area contributed by atoms with Crippen LogP contribution in [0.25, 0.3) is 10.9 Å². The summed E-state index contributed by atoms with van der Waals surface area (Å²) in [6.07, 6.45) is 0.845.